The van der Waals surface area contributed by atoms with Gasteiger partial charge in [0.15, 0.2) is 11.4 Å². The van der Waals surface area contributed by atoms with Gasteiger partial charge in [0, 0.05) is 11.9 Å². The molecule has 0 radical (unpaired) electrons. The number of carbonyl (C=O) groups excluding carboxylic acids is 1. The van der Waals surface area contributed by atoms with Gasteiger partial charge in [-0.3, -0.25) is 9.36 Å². The minimum atomic E-state index is -0.686. The van der Waals surface area contributed by atoms with E-state index in [1.54, 1.807) is 25.1 Å². The minimum Gasteiger partial charge on any atom is -0.505 e. The number of fused-ring (bicyclic) bond motifs is 1. The lowest BCUT2D eigenvalue weighted by molar-refractivity contribution is 0.0506. The Labute approximate surface area is 135 Å². The number of aromatic nitrogens is 1. The predicted octanol–water partition coefficient (Wildman–Crippen LogP) is 3.24. The van der Waals surface area contributed by atoms with Crippen LogP contribution < -0.4 is 5.56 Å². The highest BCUT2D eigenvalue weighted by Crippen LogP contribution is 2.29. The van der Waals surface area contributed by atoms with E-state index in [1.165, 1.54) is 4.57 Å². The first-order chi connectivity index (χ1) is 10.7. The van der Waals surface area contributed by atoms with Gasteiger partial charge >= 0.3 is 5.97 Å². The van der Waals surface area contributed by atoms with Gasteiger partial charge in [-0.05, 0) is 25.3 Å². The molecule has 1 heterocycles. The van der Waals surface area contributed by atoms with Crippen molar-refractivity contribution in [3.8, 4) is 5.75 Å². The highest BCUT2D eigenvalue weighted by molar-refractivity contribution is 5.99. The molecule has 0 saturated carbocycles. The van der Waals surface area contributed by atoms with Gasteiger partial charge in [-0.2, -0.15) is 0 Å². The fourth-order valence-electron chi connectivity index (χ4n) is 2.58. The van der Waals surface area contributed by atoms with Crippen molar-refractivity contribution in [1.82, 2.24) is 4.57 Å². The van der Waals surface area contributed by atoms with E-state index >= 15 is 0 Å². The van der Waals surface area contributed by atoms with Gasteiger partial charge < -0.3 is 9.84 Å². The number of benzene rings is 1. The van der Waals surface area contributed by atoms with Crippen molar-refractivity contribution >= 4 is 16.7 Å². The third-order valence-corrected chi connectivity index (χ3v) is 3.50. The molecule has 1 aromatic heterocycles. The molecule has 1 N–H and O–H groups in total. The molecule has 0 aliphatic heterocycles. The summed E-state index contributed by atoms with van der Waals surface area (Å²) in [6.07, 6.45) is 0. The van der Waals surface area contributed by atoms with Crippen molar-refractivity contribution < 1.29 is 14.6 Å². The molecule has 23 heavy (non-hydrogen) atoms. The quantitative estimate of drug-likeness (QED) is 0.882. The number of hydrogen-bond acceptors (Lipinski definition) is 4. The number of aromatic hydroxyl groups is 1. The van der Waals surface area contributed by atoms with E-state index in [0.29, 0.717) is 17.3 Å². The Kier molecular flexibility index (Phi) is 4.50. The van der Waals surface area contributed by atoms with Crippen molar-refractivity contribution in [2.24, 2.45) is 5.41 Å². The van der Waals surface area contributed by atoms with Gasteiger partial charge in [0.1, 0.15) is 0 Å². The second-order valence-electron chi connectivity index (χ2n) is 6.92. The van der Waals surface area contributed by atoms with Crippen molar-refractivity contribution in [2.45, 2.75) is 41.2 Å². The summed E-state index contributed by atoms with van der Waals surface area (Å²) >= 11 is 0. The molecule has 0 atom stereocenters. The monoisotopic (exact) mass is 317 g/mol. The predicted molar refractivity (Wildman–Crippen MR) is 90.0 cm³/mol. The average Bonchev–Trinajstić information content (AvgIpc) is 2.43. The Balaban J connectivity index is 2.87. The third kappa shape index (κ3) is 3.38. The molecule has 0 aliphatic carbocycles. The second-order valence-corrected chi connectivity index (χ2v) is 6.92. The normalized spacial score (nSPS) is 11.7. The molecule has 0 amide bonds. The van der Waals surface area contributed by atoms with Crippen molar-refractivity contribution in [2.75, 3.05) is 6.61 Å². The van der Waals surface area contributed by atoms with Crippen LogP contribution in [0.1, 0.15) is 43.7 Å². The SMILES string of the molecule is CCOC(=O)c1c(O)c2ccc(C)cc2c(=O)n1CC(C)(C)C. The fourth-order valence-corrected chi connectivity index (χ4v) is 2.58. The molecule has 124 valence electrons. The van der Waals surface area contributed by atoms with Crippen molar-refractivity contribution in [3.63, 3.8) is 0 Å². The topological polar surface area (TPSA) is 68.5 Å². The summed E-state index contributed by atoms with van der Waals surface area (Å²) in [6, 6.07) is 5.18. The molecule has 0 fully saturated rings. The van der Waals surface area contributed by atoms with Crippen LogP contribution >= 0.6 is 0 Å². The van der Waals surface area contributed by atoms with Crippen LogP contribution in [0.2, 0.25) is 0 Å². The Morgan fingerprint density at radius 2 is 1.91 bits per heavy atom. The first-order valence-corrected chi connectivity index (χ1v) is 7.69. The lowest BCUT2D eigenvalue weighted by atomic mass is 9.96. The van der Waals surface area contributed by atoms with Crippen LogP contribution in [-0.2, 0) is 11.3 Å². The van der Waals surface area contributed by atoms with E-state index in [9.17, 15) is 14.7 Å². The minimum absolute atomic E-state index is 0.0804. The Morgan fingerprint density at radius 3 is 2.48 bits per heavy atom. The Bertz CT molecular complexity index is 812. The summed E-state index contributed by atoms with van der Waals surface area (Å²) in [4.78, 5) is 25.2. The number of carbonyl (C=O) groups is 1. The zero-order valence-corrected chi connectivity index (χ0v) is 14.3. The number of rotatable bonds is 3. The largest absolute Gasteiger partial charge is 0.505 e. The lowest BCUT2D eigenvalue weighted by Crippen LogP contribution is -2.32. The maximum absolute atomic E-state index is 12.9. The summed E-state index contributed by atoms with van der Waals surface area (Å²) in [5, 5.41) is 11.4. The smallest absolute Gasteiger partial charge is 0.358 e. The van der Waals surface area contributed by atoms with Gasteiger partial charge in [-0.15, -0.1) is 0 Å². The number of aryl methyl sites for hydroxylation is 1. The van der Waals surface area contributed by atoms with Crippen LogP contribution in [-0.4, -0.2) is 22.2 Å². The van der Waals surface area contributed by atoms with Gasteiger partial charge in [-0.1, -0.05) is 38.5 Å². The van der Waals surface area contributed by atoms with E-state index in [0.717, 1.165) is 5.56 Å². The molecule has 1 aromatic carbocycles. The molecule has 0 saturated heterocycles. The number of pyridine rings is 1. The van der Waals surface area contributed by atoms with E-state index in [2.05, 4.69) is 0 Å². The number of hydrogen-bond donors (Lipinski definition) is 1. The highest BCUT2D eigenvalue weighted by atomic mass is 16.5. The number of ether oxygens (including phenoxy) is 1. The van der Waals surface area contributed by atoms with E-state index in [-0.39, 0.29) is 29.0 Å². The van der Waals surface area contributed by atoms with Crippen LogP contribution in [0.4, 0.5) is 0 Å². The molecule has 2 aromatic rings. The van der Waals surface area contributed by atoms with Crippen LogP contribution in [0.3, 0.4) is 0 Å². The Hall–Kier alpha value is -2.30. The summed E-state index contributed by atoms with van der Waals surface area (Å²) in [7, 11) is 0. The highest BCUT2D eigenvalue weighted by Gasteiger charge is 2.25. The summed E-state index contributed by atoms with van der Waals surface area (Å²) < 4.78 is 6.36. The van der Waals surface area contributed by atoms with E-state index in [4.69, 9.17) is 4.74 Å². The summed E-state index contributed by atoms with van der Waals surface area (Å²) in [6.45, 7) is 9.93. The molecule has 2 rings (SSSR count). The lowest BCUT2D eigenvalue weighted by Gasteiger charge is -2.23. The van der Waals surface area contributed by atoms with Crippen molar-refractivity contribution in [1.29, 1.82) is 0 Å². The molecule has 0 aliphatic rings. The standard InChI is InChI=1S/C18H23NO4/c1-6-23-17(22)14-15(20)12-8-7-11(2)9-13(12)16(21)19(14)10-18(3,4)5/h7-9,20H,6,10H2,1-5H3. The maximum Gasteiger partial charge on any atom is 0.358 e. The van der Waals surface area contributed by atoms with Crippen molar-refractivity contribution in [3.05, 3.63) is 39.8 Å². The summed E-state index contributed by atoms with van der Waals surface area (Å²) in [5.74, 6) is -0.892. The molecule has 0 bridgehead atoms. The van der Waals surface area contributed by atoms with Gasteiger partial charge in [0.05, 0.1) is 12.0 Å². The zero-order valence-electron chi connectivity index (χ0n) is 14.3. The molecule has 0 unspecified atom stereocenters. The first-order valence-electron chi connectivity index (χ1n) is 7.69. The van der Waals surface area contributed by atoms with Crippen LogP contribution in [0.15, 0.2) is 23.0 Å². The average molecular weight is 317 g/mol. The summed E-state index contributed by atoms with van der Waals surface area (Å²) in [5.41, 5.74) is 0.303. The second kappa shape index (κ2) is 6.07. The molecular weight excluding hydrogens is 294 g/mol. The zero-order chi connectivity index (χ0) is 17.4. The van der Waals surface area contributed by atoms with Crippen LogP contribution in [0, 0.1) is 12.3 Å². The van der Waals surface area contributed by atoms with Gasteiger partial charge in [-0.25, -0.2) is 4.79 Å². The molecule has 0 spiro atoms. The van der Waals surface area contributed by atoms with E-state index < -0.39 is 5.97 Å². The Morgan fingerprint density at radius 1 is 1.26 bits per heavy atom. The number of esters is 1. The van der Waals surface area contributed by atoms with Crippen LogP contribution in [0.25, 0.3) is 10.8 Å². The first kappa shape index (κ1) is 17.1. The third-order valence-electron chi connectivity index (χ3n) is 3.50. The van der Waals surface area contributed by atoms with Crippen LogP contribution in [0.5, 0.6) is 5.75 Å². The maximum atomic E-state index is 12.9. The van der Waals surface area contributed by atoms with Gasteiger partial charge in [0.25, 0.3) is 5.56 Å². The van der Waals surface area contributed by atoms with Gasteiger partial charge in [0.2, 0.25) is 0 Å². The fraction of sp³-hybridized carbons (Fsp3) is 0.444. The number of nitrogens with zero attached hydrogens (tertiary/aromatic N) is 1. The molecule has 5 nitrogen and oxygen atoms in total. The molecule has 5 heteroatoms. The van der Waals surface area contributed by atoms with E-state index in [1.807, 2.05) is 27.7 Å². The molecular formula is C18H23NO4.